The molecule has 31 heavy (non-hydrogen) atoms. The van der Waals surface area contributed by atoms with Crippen molar-refractivity contribution in [3.05, 3.63) is 59.7 Å². The van der Waals surface area contributed by atoms with Crippen molar-refractivity contribution in [2.45, 2.75) is 41.7 Å². The number of carbonyl (C=O) groups excluding carboxylic acids is 1. The Bertz CT molecular complexity index is 1140. The predicted molar refractivity (Wildman–Crippen MR) is 116 cm³/mol. The smallest absolute Gasteiger partial charge is 0.251 e. The van der Waals surface area contributed by atoms with Crippen LogP contribution in [0.1, 0.15) is 41.7 Å². The first-order chi connectivity index (χ1) is 14.6. The van der Waals surface area contributed by atoms with Gasteiger partial charge in [-0.2, -0.15) is 0 Å². The topological polar surface area (TPSA) is 119 Å². The standard InChI is InChI=1S/C21H26N2O6S2/c1-15(16-8-10-19(11-9-16)30(2,25)26)23-21(24)17-5-3-7-20(13-17)31(27,28)22-14-18-6-4-12-29-18/h3,5,7-11,13,15,18,22H,4,6,12,14H2,1-2H3,(H,23,24). The van der Waals surface area contributed by atoms with Crippen LogP contribution in [0.2, 0.25) is 0 Å². The number of hydrogen-bond donors (Lipinski definition) is 2. The molecule has 0 saturated carbocycles. The Labute approximate surface area is 183 Å². The summed E-state index contributed by atoms with van der Waals surface area (Å²) in [6.07, 6.45) is 2.73. The van der Waals surface area contributed by atoms with E-state index in [4.69, 9.17) is 4.74 Å². The van der Waals surface area contributed by atoms with Crippen molar-refractivity contribution in [3.63, 3.8) is 0 Å². The summed E-state index contributed by atoms with van der Waals surface area (Å²) in [7, 11) is -7.07. The van der Waals surface area contributed by atoms with E-state index in [-0.39, 0.29) is 28.0 Å². The first-order valence-electron chi connectivity index (χ1n) is 9.88. The van der Waals surface area contributed by atoms with Gasteiger partial charge >= 0.3 is 0 Å². The van der Waals surface area contributed by atoms with E-state index < -0.39 is 31.8 Å². The molecule has 2 unspecified atom stereocenters. The zero-order valence-electron chi connectivity index (χ0n) is 17.4. The van der Waals surface area contributed by atoms with Gasteiger partial charge < -0.3 is 10.1 Å². The second-order valence-corrected chi connectivity index (χ2v) is 11.3. The normalized spacial score (nSPS) is 17.9. The molecule has 1 aliphatic rings. The van der Waals surface area contributed by atoms with Gasteiger partial charge in [0.25, 0.3) is 5.91 Å². The van der Waals surface area contributed by atoms with Crippen LogP contribution in [0, 0.1) is 0 Å². The highest BCUT2D eigenvalue weighted by molar-refractivity contribution is 7.90. The fourth-order valence-corrected chi connectivity index (χ4v) is 5.01. The van der Waals surface area contributed by atoms with Gasteiger partial charge in [0.1, 0.15) is 0 Å². The first kappa shape index (κ1) is 23.4. The third-order valence-corrected chi connectivity index (χ3v) is 7.64. The molecule has 0 aliphatic carbocycles. The number of carbonyl (C=O) groups is 1. The molecule has 1 saturated heterocycles. The number of rotatable bonds is 8. The van der Waals surface area contributed by atoms with Crippen LogP contribution < -0.4 is 10.0 Å². The van der Waals surface area contributed by atoms with E-state index in [9.17, 15) is 21.6 Å². The molecule has 0 aromatic heterocycles. The quantitative estimate of drug-likeness (QED) is 0.615. The fraction of sp³-hybridized carbons (Fsp3) is 0.381. The van der Waals surface area contributed by atoms with Crippen molar-refractivity contribution in [1.29, 1.82) is 0 Å². The Morgan fingerprint density at radius 2 is 1.81 bits per heavy atom. The highest BCUT2D eigenvalue weighted by Crippen LogP contribution is 2.18. The fourth-order valence-electron chi connectivity index (χ4n) is 3.26. The third kappa shape index (κ3) is 6.13. The van der Waals surface area contributed by atoms with Gasteiger partial charge in [0, 0.05) is 25.0 Å². The lowest BCUT2D eigenvalue weighted by molar-refractivity contribution is 0.0939. The summed E-state index contributed by atoms with van der Waals surface area (Å²) in [5, 5.41) is 2.80. The summed E-state index contributed by atoms with van der Waals surface area (Å²) in [5.41, 5.74) is 0.933. The largest absolute Gasteiger partial charge is 0.377 e. The Kier molecular flexibility index (Phi) is 7.15. The average Bonchev–Trinajstić information content (AvgIpc) is 3.26. The van der Waals surface area contributed by atoms with Crippen LogP contribution in [0.3, 0.4) is 0 Å². The number of nitrogens with one attached hydrogen (secondary N) is 2. The van der Waals surface area contributed by atoms with Crippen molar-refractivity contribution in [2.75, 3.05) is 19.4 Å². The summed E-state index contributed by atoms with van der Waals surface area (Å²) in [6, 6.07) is 11.7. The summed E-state index contributed by atoms with van der Waals surface area (Å²) < 4.78 is 56.3. The second kappa shape index (κ2) is 9.47. The average molecular weight is 467 g/mol. The molecule has 1 fully saturated rings. The third-order valence-electron chi connectivity index (χ3n) is 5.09. The molecule has 3 rings (SSSR count). The molecule has 8 nitrogen and oxygen atoms in total. The SMILES string of the molecule is CC(NC(=O)c1cccc(S(=O)(=O)NCC2CCCO2)c1)c1ccc(S(C)(=O)=O)cc1. The summed E-state index contributed by atoms with van der Waals surface area (Å²) in [4.78, 5) is 12.9. The molecule has 0 bridgehead atoms. The summed E-state index contributed by atoms with van der Waals surface area (Å²) >= 11 is 0. The van der Waals surface area contributed by atoms with Gasteiger partial charge in [-0.3, -0.25) is 4.79 Å². The van der Waals surface area contributed by atoms with Crippen molar-refractivity contribution < 1.29 is 26.4 Å². The monoisotopic (exact) mass is 466 g/mol. The van der Waals surface area contributed by atoms with Gasteiger partial charge in [-0.25, -0.2) is 21.6 Å². The van der Waals surface area contributed by atoms with Crippen LogP contribution in [0.15, 0.2) is 58.3 Å². The summed E-state index contributed by atoms with van der Waals surface area (Å²) in [6.45, 7) is 2.59. The van der Waals surface area contributed by atoms with E-state index in [1.165, 1.54) is 36.4 Å². The summed E-state index contributed by atoms with van der Waals surface area (Å²) in [5.74, 6) is -0.434. The van der Waals surface area contributed by atoms with Gasteiger partial charge in [-0.15, -0.1) is 0 Å². The second-order valence-electron chi connectivity index (χ2n) is 7.55. The van der Waals surface area contributed by atoms with Crippen molar-refractivity contribution in [3.8, 4) is 0 Å². The number of sulfone groups is 1. The van der Waals surface area contributed by atoms with Gasteiger partial charge in [0.2, 0.25) is 10.0 Å². The van der Waals surface area contributed by atoms with Crippen LogP contribution in [0.4, 0.5) is 0 Å². The minimum Gasteiger partial charge on any atom is -0.377 e. The van der Waals surface area contributed by atoms with E-state index >= 15 is 0 Å². The molecule has 2 N–H and O–H groups in total. The lowest BCUT2D eigenvalue weighted by Gasteiger charge is -2.15. The molecule has 2 atom stereocenters. The molecule has 2 aromatic rings. The highest BCUT2D eigenvalue weighted by Gasteiger charge is 2.21. The first-order valence-corrected chi connectivity index (χ1v) is 13.3. The van der Waals surface area contributed by atoms with E-state index in [0.717, 1.165) is 24.7 Å². The van der Waals surface area contributed by atoms with Crippen LogP contribution in [-0.2, 0) is 24.6 Å². The van der Waals surface area contributed by atoms with Crippen molar-refractivity contribution in [1.82, 2.24) is 10.0 Å². The number of ether oxygens (including phenoxy) is 1. The lowest BCUT2D eigenvalue weighted by Crippen LogP contribution is -2.32. The molecule has 2 aromatic carbocycles. The molecule has 168 valence electrons. The molecular formula is C21H26N2O6S2. The maximum absolute atomic E-state index is 12.7. The van der Waals surface area contributed by atoms with Gasteiger partial charge in [0.15, 0.2) is 9.84 Å². The molecule has 10 heteroatoms. The van der Waals surface area contributed by atoms with Crippen LogP contribution in [0.5, 0.6) is 0 Å². The van der Waals surface area contributed by atoms with E-state index in [1.54, 1.807) is 19.1 Å². The number of amides is 1. The van der Waals surface area contributed by atoms with Crippen molar-refractivity contribution in [2.24, 2.45) is 0 Å². The number of benzene rings is 2. The zero-order chi connectivity index (χ0) is 22.6. The maximum atomic E-state index is 12.7. The Balaban J connectivity index is 1.67. The van der Waals surface area contributed by atoms with E-state index in [0.29, 0.717) is 6.61 Å². The van der Waals surface area contributed by atoms with Crippen LogP contribution in [0.25, 0.3) is 0 Å². The van der Waals surface area contributed by atoms with Gasteiger partial charge in [0.05, 0.1) is 21.9 Å². The minimum atomic E-state index is -3.77. The zero-order valence-corrected chi connectivity index (χ0v) is 19.0. The Hall–Kier alpha value is -2.27. The Morgan fingerprint density at radius 1 is 1.10 bits per heavy atom. The van der Waals surface area contributed by atoms with E-state index in [1.807, 2.05) is 0 Å². The van der Waals surface area contributed by atoms with Gasteiger partial charge in [-0.1, -0.05) is 18.2 Å². The number of sulfonamides is 1. The van der Waals surface area contributed by atoms with Gasteiger partial charge in [-0.05, 0) is 55.7 Å². The van der Waals surface area contributed by atoms with E-state index in [2.05, 4.69) is 10.0 Å². The molecule has 1 amide bonds. The minimum absolute atomic E-state index is 0.00306. The predicted octanol–water partition coefficient (Wildman–Crippen LogP) is 2.04. The highest BCUT2D eigenvalue weighted by atomic mass is 32.2. The molecule has 1 heterocycles. The molecule has 1 aliphatic heterocycles. The number of hydrogen-bond acceptors (Lipinski definition) is 6. The molecular weight excluding hydrogens is 440 g/mol. The lowest BCUT2D eigenvalue weighted by atomic mass is 10.1. The van der Waals surface area contributed by atoms with Crippen molar-refractivity contribution >= 4 is 25.8 Å². The maximum Gasteiger partial charge on any atom is 0.251 e. The molecule has 0 spiro atoms. The van der Waals surface area contributed by atoms with Crippen LogP contribution >= 0.6 is 0 Å². The Morgan fingerprint density at radius 3 is 2.42 bits per heavy atom. The van der Waals surface area contributed by atoms with Crippen LogP contribution in [-0.4, -0.2) is 48.3 Å². The molecule has 0 radical (unpaired) electrons.